The van der Waals surface area contributed by atoms with E-state index in [1.807, 2.05) is 24.3 Å². The van der Waals surface area contributed by atoms with Crippen LogP contribution in [0, 0.1) is 0 Å². The van der Waals surface area contributed by atoms with Crippen LogP contribution in [0.5, 0.6) is 5.75 Å². The van der Waals surface area contributed by atoms with Crippen LogP contribution in [-0.2, 0) is 11.2 Å². The van der Waals surface area contributed by atoms with E-state index in [9.17, 15) is 20.4 Å². The van der Waals surface area contributed by atoms with Crippen molar-refractivity contribution < 1.29 is 29.9 Å². The number of rotatable bonds is 5. The molecule has 2 aliphatic heterocycles. The molecule has 0 spiro atoms. The molecule has 7 nitrogen and oxygen atoms in total. The highest BCUT2D eigenvalue weighted by molar-refractivity contribution is 5.91. The minimum Gasteiger partial charge on any atom is -0.461 e. The maximum Gasteiger partial charge on any atom is 0.229 e. The minimum absolute atomic E-state index is 0.422. The summed E-state index contributed by atoms with van der Waals surface area (Å²) in [7, 11) is 0. The second-order valence-electron chi connectivity index (χ2n) is 7.58. The molecule has 2 aliphatic rings. The molecule has 6 atom stereocenters. The molecule has 7 heteroatoms. The zero-order valence-electron chi connectivity index (χ0n) is 15.6. The molecule has 5 N–H and O–H groups in total. The maximum atomic E-state index is 10.3. The SMILES string of the molecule is OC[C@H]1O[C@@H](Oc2cccc3cccc(C[C@H]4CCCN4)c23)[C@H](O)[C@H](O)[C@@H]1O. The van der Waals surface area contributed by atoms with E-state index in [0.29, 0.717) is 11.8 Å². The average Bonchev–Trinajstić information content (AvgIpc) is 3.22. The Kier molecular flexibility index (Phi) is 5.82. The van der Waals surface area contributed by atoms with Crippen molar-refractivity contribution in [3.05, 3.63) is 42.0 Å². The van der Waals surface area contributed by atoms with Gasteiger partial charge in [-0.1, -0.05) is 30.3 Å². The van der Waals surface area contributed by atoms with Crippen LogP contribution in [0.4, 0.5) is 0 Å². The standard InChI is InChI=1S/C21H27NO6/c23-11-16-18(24)19(25)20(26)21(28-16)27-15-8-2-5-12-4-1-6-13(17(12)15)10-14-7-3-9-22-14/h1-2,4-6,8,14,16,18-26H,3,7,9-11H2/t14-,16-,18-,19-,20-,21-/m1/s1. The minimum atomic E-state index is -1.46. The van der Waals surface area contributed by atoms with E-state index in [0.717, 1.165) is 35.7 Å². The van der Waals surface area contributed by atoms with E-state index in [1.54, 1.807) is 6.07 Å². The summed E-state index contributed by atoms with van der Waals surface area (Å²) < 4.78 is 11.5. The first-order valence-electron chi connectivity index (χ1n) is 9.79. The van der Waals surface area contributed by atoms with Crippen molar-refractivity contribution in [3.8, 4) is 5.75 Å². The van der Waals surface area contributed by atoms with Gasteiger partial charge in [-0.05, 0) is 42.8 Å². The fourth-order valence-corrected chi connectivity index (χ4v) is 4.14. The fourth-order valence-electron chi connectivity index (χ4n) is 4.14. The number of aliphatic hydroxyl groups is 4. The third-order valence-electron chi connectivity index (χ3n) is 5.67. The van der Waals surface area contributed by atoms with Gasteiger partial charge in [-0.2, -0.15) is 0 Å². The highest BCUT2D eigenvalue weighted by Gasteiger charge is 2.44. The fraction of sp³-hybridized carbons (Fsp3) is 0.524. The molecule has 4 rings (SSSR count). The lowest BCUT2D eigenvalue weighted by molar-refractivity contribution is -0.277. The molecular weight excluding hydrogens is 362 g/mol. The van der Waals surface area contributed by atoms with Crippen LogP contribution in [0.2, 0.25) is 0 Å². The summed E-state index contributed by atoms with van der Waals surface area (Å²) >= 11 is 0. The van der Waals surface area contributed by atoms with Gasteiger partial charge in [0.2, 0.25) is 6.29 Å². The molecule has 28 heavy (non-hydrogen) atoms. The first kappa shape index (κ1) is 19.6. The summed E-state index contributed by atoms with van der Waals surface area (Å²) in [6.45, 7) is 0.544. The van der Waals surface area contributed by atoms with Crippen molar-refractivity contribution in [2.45, 2.75) is 56.0 Å². The Hall–Kier alpha value is -1.74. The van der Waals surface area contributed by atoms with E-state index >= 15 is 0 Å². The number of hydrogen-bond donors (Lipinski definition) is 5. The van der Waals surface area contributed by atoms with Crippen molar-refractivity contribution in [1.82, 2.24) is 5.32 Å². The predicted octanol–water partition coefficient (Wildman–Crippen LogP) is 0.313. The maximum absolute atomic E-state index is 10.3. The van der Waals surface area contributed by atoms with Gasteiger partial charge in [-0.25, -0.2) is 0 Å². The highest BCUT2D eigenvalue weighted by atomic mass is 16.7. The molecule has 0 unspecified atom stereocenters. The van der Waals surface area contributed by atoms with Gasteiger partial charge in [0.05, 0.1) is 6.61 Å². The topological polar surface area (TPSA) is 111 Å². The number of aliphatic hydroxyl groups excluding tert-OH is 4. The van der Waals surface area contributed by atoms with E-state index < -0.39 is 37.3 Å². The van der Waals surface area contributed by atoms with Crippen molar-refractivity contribution >= 4 is 10.8 Å². The predicted molar refractivity (Wildman–Crippen MR) is 103 cm³/mol. The second kappa shape index (κ2) is 8.32. The summed E-state index contributed by atoms with van der Waals surface area (Å²) in [4.78, 5) is 0. The molecule has 0 bridgehead atoms. The molecule has 2 heterocycles. The van der Waals surface area contributed by atoms with Crippen LogP contribution >= 0.6 is 0 Å². The van der Waals surface area contributed by atoms with Gasteiger partial charge >= 0.3 is 0 Å². The largest absolute Gasteiger partial charge is 0.461 e. The molecule has 2 saturated heterocycles. The third kappa shape index (κ3) is 3.74. The molecule has 0 aromatic heterocycles. The van der Waals surface area contributed by atoms with E-state index in [-0.39, 0.29) is 0 Å². The number of benzene rings is 2. The smallest absolute Gasteiger partial charge is 0.229 e. The molecule has 2 aromatic rings. The van der Waals surface area contributed by atoms with E-state index in [1.165, 1.54) is 6.42 Å². The molecular formula is C21H27NO6. The highest BCUT2D eigenvalue weighted by Crippen LogP contribution is 2.33. The Balaban J connectivity index is 1.64. The number of hydrogen-bond acceptors (Lipinski definition) is 7. The summed E-state index contributed by atoms with van der Waals surface area (Å²) in [5, 5.41) is 45.1. The third-order valence-corrected chi connectivity index (χ3v) is 5.67. The molecule has 2 aromatic carbocycles. The van der Waals surface area contributed by atoms with Crippen molar-refractivity contribution in [3.63, 3.8) is 0 Å². The molecule has 2 fully saturated rings. The average molecular weight is 389 g/mol. The molecule has 152 valence electrons. The van der Waals surface area contributed by atoms with Gasteiger partial charge in [0.1, 0.15) is 30.2 Å². The zero-order chi connectivity index (χ0) is 19.7. The van der Waals surface area contributed by atoms with Crippen LogP contribution in [-0.4, -0.2) is 70.3 Å². The van der Waals surface area contributed by atoms with Crippen molar-refractivity contribution in [2.75, 3.05) is 13.2 Å². The monoisotopic (exact) mass is 389 g/mol. The molecule has 0 saturated carbocycles. The van der Waals surface area contributed by atoms with Gasteiger partial charge in [0.15, 0.2) is 0 Å². The molecule has 0 amide bonds. The van der Waals surface area contributed by atoms with Crippen LogP contribution in [0.25, 0.3) is 10.8 Å². The molecule has 0 radical (unpaired) electrons. The lowest BCUT2D eigenvalue weighted by Crippen LogP contribution is -2.60. The summed E-state index contributed by atoms with van der Waals surface area (Å²) in [6, 6.07) is 12.2. The second-order valence-corrected chi connectivity index (χ2v) is 7.58. The first-order valence-corrected chi connectivity index (χ1v) is 9.79. The van der Waals surface area contributed by atoms with E-state index in [2.05, 4.69) is 11.4 Å². The van der Waals surface area contributed by atoms with Crippen molar-refractivity contribution in [2.24, 2.45) is 0 Å². The van der Waals surface area contributed by atoms with Crippen LogP contribution in [0.3, 0.4) is 0 Å². The van der Waals surface area contributed by atoms with E-state index in [4.69, 9.17) is 9.47 Å². The summed E-state index contributed by atoms with van der Waals surface area (Å²) in [5.41, 5.74) is 1.14. The Morgan fingerprint density at radius 3 is 2.54 bits per heavy atom. The molecule has 0 aliphatic carbocycles. The van der Waals surface area contributed by atoms with Crippen LogP contribution in [0.1, 0.15) is 18.4 Å². The Labute approximate surface area is 163 Å². The Morgan fingerprint density at radius 1 is 1.04 bits per heavy atom. The lowest BCUT2D eigenvalue weighted by atomic mass is 9.97. The summed E-state index contributed by atoms with van der Waals surface area (Å²) in [6.07, 6.45) is -3.33. The van der Waals surface area contributed by atoms with Gasteiger partial charge < -0.3 is 35.2 Å². The normalized spacial score (nSPS) is 33.3. The number of ether oxygens (including phenoxy) is 2. The first-order chi connectivity index (χ1) is 13.6. The Bertz CT molecular complexity index is 801. The number of nitrogens with one attached hydrogen (secondary N) is 1. The van der Waals surface area contributed by atoms with Gasteiger partial charge in [-0.15, -0.1) is 0 Å². The zero-order valence-corrected chi connectivity index (χ0v) is 15.6. The van der Waals surface area contributed by atoms with Gasteiger partial charge in [0, 0.05) is 11.4 Å². The quantitative estimate of drug-likeness (QED) is 0.501. The Morgan fingerprint density at radius 2 is 1.82 bits per heavy atom. The lowest BCUT2D eigenvalue weighted by Gasteiger charge is -2.39. The van der Waals surface area contributed by atoms with Crippen LogP contribution in [0.15, 0.2) is 36.4 Å². The van der Waals surface area contributed by atoms with Crippen molar-refractivity contribution in [1.29, 1.82) is 0 Å². The van der Waals surface area contributed by atoms with Gasteiger partial charge in [-0.3, -0.25) is 0 Å². The van der Waals surface area contributed by atoms with Crippen LogP contribution < -0.4 is 10.1 Å². The number of fused-ring (bicyclic) bond motifs is 1. The summed E-state index contributed by atoms with van der Waals surface area (Å²) in [5.74, 6) is 0.537. The van der Waals surface area contributed by atoms with Gasteiger partial charge in [0.25, 0.3) is 0 Å².